The number of rotatable bonds is 6. The molecule has 252 valence electrons. The van der Waals surface area contributed by atoms with Gasteiger partial charge in [-0.1, -0.05) is 139 Å². The third-order valence-corrected chi connectivity index (χ3v) is 11.8. The first-order valence-electron chi connectivity index (χ1n) is 18.4. The fraction of sp³-hybridized carbons (Fsp3) is 0.255. The van der Waals surface area contributed by atoms with Gasteiger partial charge in [0.15, 0.2) is 11.6 Å². The lowest BCUT2D eigenvalue weighted by molar-refractivity contribution is 0.643. The van der Waals surface area contributed by atoms with E-state index in [0.29, 0.717) is 23.5 Å². The van der Waals surface area contributed by atoms with Crippen LogP contribution < -0.4 is 0 Å². The van der Waals surface area contributed by atoms with Gasteiger partial charge in [-0.15, -0.1) is 0 Å². The van der Waals surface area contributed by atoms with Gasteiger partial charge >= 0.3 is 0 Å². The molecule has 4 nitrogen and oxygen atoms in total. The van der Waals surface area contributed by atoms with Crippen LogP contribution >= 0.6 is 0 Å². The van der Waals surface area contributed by atoms with Crippen LogP contribution in [0.5, 0.6) is 0 Å². The van der Waals surface area contributed by atoms with E-state index in [0.717, 1.165) is 23.1 Å². The molecule has 5 aromatic carbocycles. The summed E-state index contributed by atoms with van der Waals surface area (Å²) in [5.41, 5.74) is 13.5. The molecule has 4 heteroatoms. The predicted molar refractivity (Wildman–Crippen MR) is 214 cm³/mol. The van der Waals surface area contributed by atoms with Gasteiger partial charge in [0.25, 0.3) is 0 Å². The number of hydrogen-bond acceptors (Lipinski definition) is 3. The number of nitrogens with zero attached hydrogens (tertiary/aromatic N) is 4. The average Bonchev–Trinajstić information content (AvgIpc) is 3.58. The monoisotopic (exact) mass is 664 g/mol. The molecule has 0 N–H and O–H groups in total. The molecule has 0 aliphatic heterocycles. The molecular formula is C47H44N4. The lowest BCUT2D eigenvalue weighted by atomic mass is 9.67. The topological polar surface area (TPSA) is 43.6 Å². The van der Waals surface area contributed by atoms with E-state index in [9.17, 15) is 0 Å². The van der Waals surface area contributed by atoms with E-state index in [1.165, 1.54) is 66.0 Å². The molecule has 0 saturated carbocycles. The number of aromatic nitrogens is 4. The van der Waals surface area contributed by atoms with Crippen LogP contribution in [0, 0.1) is 12.8 Å². The van der Waals surface area contributed by atoms with E-state index >= 15 is 0 Å². The number of fused-ring (bicyclic) bond motifs is 4. The van der Waals surface area contributed by atoms with Gasteiger partial charge in [0, 0.05) is 32.7 Å². The number of hydrogen-bond donors (Lipinski definition) is 0. The average molecular weight is 665 g/mol. The Morgan fingerprint density at radius 2 is 1.49 bits per heavy atom. The lowest BCUT2D eigenvalue weighted by Crippen LogP contribution is -2.25. The number of allylic oxidation sites excluding steroid dienone is 4. The third-order valence-electron chi connectivity index (χ3n) is 11.8. The van der Waals surface area contributed by atoms with Crippen molar-refractivity contribution < 1.29 is 0 Å². The zero-order valence-electron chi connectivity index (χ0n) is 30.9. The summed E-state index contributed by atoms with van der Waals surface area (Å²) in [4.78, 5) is 15.9. The smallest absolute Gasteiger partial charge is 0.238 e. The van der Waals surface area contributed by atoms with Crippen molar-refractivity contribution in [3.63, 3.8) is 0 Å². The highest BCUT2D eigenvalue weighted by atomic mass is 15.2. The van der Waals surface area contributed by atoms with Crippen LogP contribution in [0.3, 0.4) is 0 Å². The van der Waals surface area contributed by atoms with Crippen molar-refractivity contribution in [3.05, 3.63) is 137 Å². The summed E-state index contributed by atoms with van der Waals surface area (Å²) in [6, 6.07) is 31.0. The second-order valence-electron chi connectivity index (χ2n) is 15.7. The highest BCUT2D eigenvalue weighted by Crippen LogP contribution is 2.62. The molecule has 0 bridgehead atoms. The summed E-state index contributed by atoms with van der Waals surface area (Å²) in [5.74, 6) is 2.37. The van der Waals surface area contributed by atoms with Gasteiger partial charge in [-0.3, -0.25) is 4.57 Å². The van der Waals surface area contributed by atoms with Crippen molar-refractivity contribution in [1.82, 2.24) is 19.5 Å². The molecule has 0 amide bonds. The molecule has 1 atom stereocenters. The maximum atomic E-state index is 5.38. The minimum absolute atomic E-state index is 0.147. The maximum absolute atomic E-state index is 5.38. The van der Waals surface area contributed by atoms with Crippen molar-refractivity contribution >= 4 is 38.2 Å². The highest BCUT2D eigenvalue weighted by Gasteiger charge is 2.47. The molecule has 0 spiro atoms. The zero-order valence-corrected chi connectivity index (χ0v) is 30.9. The van der Waals surface area contributed by atoms with E-state index < -0.39 is 0 Å². The first kappa shape index (κ1) is 31.6. The van der Waals surface area contributed by atoms with Crippen LogP contribution in [0.15, 0.2) is 103 Å². The maximum Gasteiger partial charge on any atom is 0.238 e. The Bertz CT molecular complexity index is 2650. The Balaban J connectivity index is 1.47. The third kappa shape index (κ3) is 4.35. The van der Waals surface area contributed by atoms with Crippen molar-refractivity contribution in [2.24, 2.45) is 5.92 Å². The second-order valence-corrected chi connectivity index (χ2v) is 15.7. The predicted octanol–water partition coefficient (Wildman–Crippen LogP) is 12.0. The molecule has 9 rings (SSSR count). The van der Waals surface area contributed by atoms with E-state index in [-0.39, 0.29) is 10.8 Å². The first-order valence-corrected chi connectivity index (χ1v) is 18.4. The summed E-state index contributed by atoms with van der Waals surface area (Å²) in [6.45, 7) is 18.5. The van der Waals surface area contributed by atoms with Crippen molar-refractivity contribution in [2.45, 2.75) is 72.6 Å². The zero-order chi connectivity index (χ0) is 35.4. The molecular weight excluding hydrogens is 621 g/mol. The molecule has 2 aliphatic rings. The van der Waals surface area contributed by atoms with Crippen LogP contribution in [-0.4, -0.2) is 19.5 Å². The van der Waals surface area contributed by atoms with Crippen LogP contribution in [0.4, 0.5) is 0 Å². The standard InChI is InChI=1S/C47H44N4/c1-9-17-30(24-27(3)10-2)44-48-43(29-18-12-11-13-19-29)49-45(50-44)51-37-23-15-14-20-32(37)33-26-36-40-39-35(46(36,5)6)25-28(4)31-21-16-22-34(38(31)39)47(7,8)41(40)42(33)51/h9,11-27H,10H2,1-8H3/b17-9-,30-24+. The second kappa shape index (κ2) is 11.1. The van der Waals surface area contributed by atoms with Gasteiger partial charge in [0.05, 0.1) is 11.0 Å². The number of benzene rings is 5. The molecule has 2 aliphatic carbocycles. The van der Waals surface area contributed by atoms with E-state index in [1.54, 1.807) is 0 Å². The van der Waals surface area contributed by atoms with Crippen molar-refractivity contribution in [3.8, 4) is 28.5 Å². The summed E-state index contributed by atoms with van der Waals surface area (Å²) in [7, 11) is 0. The Morgan fingerprint density at radius 1 is 0.765 bits per heavy atom. The molecule has 0 saturated heterocycles. The fourth-order valence-corrected chi connectivity index (χ4v) is 9.02. The molecule has 2 heterocycles. The Hall–Kier alpha value is -5.35. The van der Waals surface area contributed by atoms with Gasteiger partial charge in [-0.25, -0.2) is 4.98 Å². The summed E-state index contributed by atoms with van der Waals surface area (Å²) in [6.07, 6.45) is 7.54. The molecule has 2 aromatic heterocycles. The van der Waals surface area contributed by atoms with Crippen LogP contribution in [0.1, 0.15) is 88.5 Å². The van der Waals surface area contributed by atoms with Crippen LogP contribution in [-0.2, 0) is 10.8 Å². The van der Waals surface area contributed by atoms with E-state index in [1.807, 2.05) is 6.07 Å². The Kier molecular flexibility index (Phi) is 6.87. The summed E-state index contributed by atoms with van der Waals surface area (Å²) in [5, 5.41) is 5.22. The minimum atomic E-state index is -0.293. The largest absolute Gasteiger partial charge is 0.277 e. The molecule has 51 heavy (non-hydrogen) atoms. The Labute approximate surface area is 300 Å². The van der Waals surface area contributed by atoms with Gasteiger partial charge in [0.2, 0.25) is 5.95 Å². The summed E-state index contributed by atoms with van der Waals surface area (Å²) < 4.78 is 2.35. The lowest BCUT2D eigenvalue weighted by Gasteiger charge is -2.36. The molecule has 0 radical (unpaired) electrons. The SMILES string of the molecule is C/C=C\C(=C/C(C)CC)c1nc(-c2ccccc2)nc(-n2c3ccccc3c3cc4c5c(c32)C(C)(C)c2cccc3c(C)cc(c-5c23)C4(C)C)n1. The number of aryl methyl sites for hydroxylation is 1. The van der Waals surface area contributed by atoms with Crippen LogP contribution in [0.25, 0.3) is 66.6 Å². The highest BCUT2D eigenvalue weighted by molar-refractivity contribution is 6.17. The van der Waals surface area contributed by atoms with Crippen molar-refractivity contribution in [1.29, 1.82) is 0 Å². The van der Waals surface area contributed by atoms with E-state index in [2.05, 4.69) is 157 Å². The van der Waals surface area contributed by atoms with Gasteiger partial charge < -0.3 is 0 Å². The van der Waals surface area contributed by atoms with Crippen LogP contribution in [0.2, 0.25) is 0 Å². The molecule has 7 aromatic rings. The quantitative estimate of drug-likeness (QED) is 0.166. The normalized spacial score (nSPS) is 16.2. The summed E-state index contributed by atoms with van der Waals surface area (Å²) >= 11 is 0. The molecule has 0 fully saturated rings. The fourth-order valence-electron chi connectivity index (χ4n) is 9.02. The number of para-hydroxylation sites is 1. The van der Waals surface area contributed by atoms with Crippen molar-refractivity contribution in [2.75, 3.05) is 0 Å². The first-order chi connectivity index (χ1) is 24.6. The van der Waals surface area contributed by atoms with Gasteiger partial charge in [-0.2, -0.15) is 9.97 Å². The molecule has 1 unspecified atom stereocenters. The van der Waals surface area contributed by atoms with Gasteiger partial charge in [0.1, 0.15) is 0 Å². The van der Waals surface area contributed by atoms with E-state index in [4.69, 9.17) is 15.0 Å². The Morgan fingerprint density at radius 3 is 2.25 bits per heavy atom. The van der Waals surface area contributed by atoms with Gasteiger partial charge in [-0.05, 0) is 81.6 Å². The minimum Gasteiger partial charge on any atom is -0.277 e.